The number of pyridine rings is 2. The van der Waals surface area contributed by atoms with Gasteiger partial charge in [-0.25, -0.2) is 18.4 Å². The van der Waals surface area contributed by atoms with Gasteiger partial charge in [0.05, 0.1) is 11.3 Å². The van der Waals surface area contributed by atoms with Crippen molar-refractivity contribution in [1.82, 2.24) is 24.5 Å². The first-order valence-corrected chi connectivity index (χ1v) is 14.8. The number of sulfonamides is 1. The van der Waals surface area contributed by atoms with Crippen molar-refractivity contribution in [2.75, 3.05) is 16.6 Å². The molecule has 3 aromatic rings. The molecule has 6 rings (SSSR count). The van der Waals surface area contributed by atoms with E-state index >= 15 is 0 Å². The number of alkyl halides is 3. The monoisotopic (exact) mass is 598 g/mol. The predicted molar refractivity (Wildman–Crippen MR) is 148 cm³/mol. The van der Waals surface area contributed by atoms with Crippen molar-refractivity contribution in [3.63, 3.8) is 0 Å². The van der Waals surface area contributed by atoms with E-state index in [0.717, 1.165) is 46.4 Å². The normalized spacial score (nSPS) is 13.8. The van der Waals surface area contributed by atoms with Crippen molar-refractivity contribution < 1.29 is 21.6 Å². The van der Waals surface area contributed by atoms with Crippen LogP contribution >= 0.6 is 11.3 Å². The summed E-state index contributed by atoms with van der Waals surface area (Å²) in [7, 11) is -4.07. The van der Waals surface area contributed by atoms with Gasteiger partial charge in [-0.3, -0.25) is 9.71 Å². The van der Waals surface area contributed by atoms with E-state index in [4.69, 9.17) is 0 Å². The summed E-state index contributed by atoms with van der Waals surface area (Å²) >= 11 is 1.38. The second-order valence-corrected chi connectivity index (χ2v) is 11.9. The third-order valence-electron chi connectivity index (χ3n) is 6.39. The Morgan fingerprint density at radius 3 is 2.73 bits per heavy atom. The van der Waals surface area contributed by atoms with Crippen LogP contribution < -0.4 is 15.7 Å². The summed E-state index contributed by atoms with van der Waals surface area (Å²) in [5, 5.41) is 5.77. The molecule has 2 aromatic heterocycles. The van der Waals surface area contributed by atoms with Crippen LogP contribution in [0.3, 0.4) is 0 Å². The van der Waals surface area contributed by atoms with Gasteiger partial charge in [0.1, 0.15) is 17.4 Å². The molecule has 0 fully saturated rings. The van der Waals surface area contributed by atoms with Crippen LogP contribution in [-0.4, -0.2) is 39.5 Å². The van der Waals surface area contributed by atoms with Crippen LogP contribution in [0.1, 0.15) is 16.8 Å². The van der Waals surface area contributed by atoms with E-state index in [-0.39, 0.29) is 11.4 Å². The predicted octanol–water partition coefficient (Wildman–Crippen LogP) is 4.83. The number of hydrogen-bond donors (Lipinski definition) is 2. The summed E-state index contributed by atoms with van der Waals surface area (Å²) in [5.41, 5.74) is 2.63. The van der Waals surface area contributed by atoms with E-state index in [1.54, 1.807) is 30.6 Å². The molecule has 0 aliphatic carbocycles. The zero-order valence-corrected chi connectivity index (χ0v) is 23.0. The number of anilines is 2. The molecule has 5 heterocycles. The molecule has 210 valence electrons. The third-order valence-corrected chi connectivity index (χ3v) is 8.28. The molecule has 15 heteroatoms. The molecule has 41 heavy (non-hydrogen) atoms. The van der Waals surface area contributed by atoms with Gasteiger partial charge in [-0.05, 0) is 48.4 Å². The number of nitrogens with zero attached hydrogens (tertiary/aromatic N) is 6. The lowest BCUT2D eigenvalue weighted by Crippen LogP contribution is -2.17. The maximum Gasteiger partial charge on any atom is 0.416 e. The summed E-state index contributed by atoms with van der Waals surface area (Å²) in [6.07, 6.45) is -0.308. The quantitative estimate of drug-likeness (QED) is 0.287. The highest BCUT2D eigenvalue weighted by atomic mass is 32.2. The van der Waals surface area contributed by atoms with E-state index < -0.39 is 27.5 Å². The van der Waals surface area contributed by atoms with Gasteiger partial charge in [-0.2, -0.15) is 23.1 Å². The van der Waals surface area contributed by atoms with Crippen molar-refractivity contribution in [2.24, 2.45) is 4.99 Å². The first-order chi connectivity index (χ1) is 19.6. The highest BCUT2D eigenvalue weighted by Gasteiger charge is 2.31. The first-order valence-electron chi connectivity index (χ1n) is 12.3. The van der Waals surface area contributed by atoms with Crippen LogP contribution in [0, 0.1) is 6.92 Å². The van der Waals surface area contributed by atoms with Crippen LogP contribution in [0.25, 0.3) is 22.5 Å². The number of fused-ring (bicyclic) bond motifs is 3. The van der Waals surface area contributed by atoms with Crippen molar-refractivity contribution in [1.29, 1.82) is 0 Å². The van der Waals surface area contributed by atoms with Crippen LogP contribution in [0.4, 0.5) is 29.8 Å². The Labute approximate surface area is 236 Å². The molecule has 3 aliphatic rings. The molecular weight excluding hydrogens is 577 g/mol. The second-order valence-electron chi connectivity index (χ2n) is 9.28. The second kappa shape index (κ2) is 10.2. The van der Waals surface area contributed by atoms with Gasteiger partial charge < -0.3 is 9.88 Å². The number of thiazole rings is 1. The lowest BCUT2D eigenvalue weighted by atomic mass is 9.98. The van der Waals surface area contributed by atoms with E-state index in [0.29, 0.717) is 29.7 Å². The standard InChI is InChI=1S/C26H21F3N8O2S2/c1-15-2-3-18(36-41(38,39)14-19-11-17(4-5-30-19)26(27,28)29)12-20(15)21-10-16-13-33-24(35-25-32-7-9-40-25)34-22(16)37-8-6-31-23(21)37/h2-5,7,9-13,31,36H,6,8,14H2,1H3/b35-24+. The minimum atomic E-state index is -4.60. The molecule has 0 radical (unpaired) electrons. The number of nitrogens with one attached hydrogen (secondary N) is 2. The summed E-state index contributed by atoms with van der Waals surface area (Å²) in [6, 6.07) is 8.54. The average Bonchev–Trinajstić information content (AvgIpc) is 3.61. The highest BCUT2D eigenvalue weighted by Crippen LogP contribution is 2.39. The first kappa shape index (κ1) is 26.8. The summed E-state index contributed by atoms with van der Waals surface area (Å²) < 4.78 is 69.5. The number of benzene rings is 1. The van der Waals surface area contributed by atoms with Gasteiger partial charge in [-0.1, -0.05) is 6.07 Å². The summed E-state index contributed by atoms with van der Waals surface area (Å²) in [5.74, 6) is 0.795. The van der Waals surface area contributed by atoms with Gasteiger partial charge >= 0.3 is 6.18 Å². The maximum atomic E-state index is 13.1. The number of aryl methyl sites for hydroxylation is 1. The lowest BCUT2D eigenvalue weighted by molar-refractivity contribution is -0.137. The molecule has 1 aromatic carbocycles. The molecule has 0 bridgehead atoms. The zero-order chi connectivity index (χ0) is 28.8. The molecule has 0 saturated carbocycles. The van der Waals surface area contributed by atoms with Gasteiger partial charge in [0, 0.05) is 53.9 Å². The maximum absolute atomic E-state index is 13.1. The van der Waals surface area contributed by atoms with Gasteiger partial charge in [-0.15, -0.1) is 11.3 Å². The Balaban J connectivity index is 1.34. The molecule has 0 unspecified atom stereocenters. The molecule has 0 spiro atoms. The highest BCUT2D eigenvalue weighted by molar-refractivity contribution is 7.91. The van der Waals surface area contributed by atoms with Crippen molar-refractivity contribution >= 4 is 38.0 Å². The molecule has 3 aliphatic heterocycles. The van der Waals surface area contributed by atoms with Crippen LogP contribution in [0.5, 0.6) is 0 Å². The van der Waals surface area contributed by atoms with Crippen molar-refractivity contribution in [3.8, 4) is 22.5 Å². The minimum Gasteiger partial charge on any atom is -0.369 e. The number of halogens is 3. The smallest absolute Gasteiger partial charge is 0.369 e. The van der Waals surface area contributed by atoms with Gasteiger partial charge in [0.2, 0.25) is 15.2 Å². The average molecular weight is 599 g/mol. The SMILES string of the molecule is Cc1ccc(NS(=O)(=O)Cc2cc(C(F)(F)F)ccn2)cc1-c1cc2cn/c(=N\c3nccs3)nc-2n2c1NCC2. The Hall–Kier alpha value is -4.37. The fourth-order valence-electron chi connectivity index (χ4n) is 4.60. The van der Waals surface area contributed by atoms with Gasteiger partial charge in [0.15, 0.2) is 0 Å². The largest absolute Gasteiger partial charge is 0.416 e. The molecule has 0 amide bonds. The molecule has 2 N–H and O–H groups in total. The van der Waals surface area contributed by atoms with E-state index in [9.17, 15) is 21.6 Å². The topological polar surface area (TPSA) is 127 Å². The van der Waals surface area contributed by atoms with Gasteiger partial charge in [0.25, 0.3) is 5.62 Å². The third kappa shape index (κ3) is 5.63. The molecule has 10 nitrogen and oxygen atoms in total. The Kier molecular flexibility index (Phi) is 6.69. The Morgan fingerprint density at radius 2 is 1.95 bits per heavy atom. The Bertz CT molecular complexity index is 1910. The van der Waals surface area contributed by atoms with E-state index in [1.165, 1.54) is 11.3 Å². The van der Waals surface area contributed by atoms with Crippen molar-refractivity contribution in [3.05, 3.63) is 82.8 Å². The van der Waals surface area contributed by atoms with Crippen LogP contribution in [0.15, 0.2) is 65.4 Å². The summed E-state index contributed by atoms with van der Waals surface area (Å²) in [4.78, 5) is 21.4. The number of rotatable bonds is 6. The van der Waals surface area contributed by atoms with E-state index in [1.807, 2.05) is 22.9 Å². The number of aromatic nitrogens is 5. The van der Waals surface area contributed by atoms with Crippen LogP contribution in [-0.2, 0) is 28.5 Å². The molecule has 0 saturated heterocycles. The Morgan fingerprint density at radius 1 is 1.10 bits per heavy atom. The van der Waals surface area contributed by atoms with Crippen molar-refractivity contribution in [2.45, 2.75) is 25.4 Å². The lowest BCUT2D eigenvalue weighted by Gasteiger charge is -2.19. The minimum absolute atomic E-state index is 0.214. The summed E-state index contributed by atoms with van der Waals surface area (Å²) in [6.45, 7) is 3.23. The molecular formula is C26H21F3N8O2S2. The fraction of sp³-hybridized carbons (Fsp3) is 0.192. The van der Waals surface area contributed by atoms with Crippen LogP contribution in [0.2, 0.25) is 0 Å². The fourth-order valence-corrected chi connectivity index (χ4v) is 6.20. The zero-order valence-electron chi connectivity index (χ0n) is 21.3. The number of hydrogen-bond acceptors (Lipinski definition) is 9. The molecule has 0 atom stereocenters. The van der Waals surface area contributed by atoms with E-state index in [2.05, 4.69) is 35.0 Å².